The average Bonchev–Trinajstić information content (AvgIpc) is 2.66. The summed E-state index contributed by atoms with van der Waals surface area (Å²) < 4.78 is 6.66. The van der Waals surface area contributed by atoms with Crippen molar-refractivity contribution in [1.82, 2.24) is 9.55 Å². The lowest BCUT2D eigenvalue weighted by Gasteiger charge is -2.13. The molecule has 1 aromatic rings. The van der Waals surface area contributed by atoms with Crippen molar-refractivity contribution in [3.05, 3.63) is 39.7 Å². The van der Waals surface area contributed by atoms with Crippen LogP contribution < -0.4 is 11.2 Å². The van der Waals surface area contributed by atoms with Gasteiger partial charge in [-0.3, -0.25) is 14.3 Å². The van der Waals surface area contributed by atoms with E-state index in [1.807, 2.05) is 0 Å². The first-order valence-corrected chi connectivity index (χ1v) is 4.65. The van der Waals surface area contributed by atoms with Gasteiger partial charge in [0, 0.05) is 12.3 Å². The lowest BCUT2D eigenvalue weighted by Crippen LogP contribution is -2.31. The summed E-state index contributed by atoms with van der Waals surface area (Å²) in [6.45, 7) is 0.969. The maximum Gasteiger partial charge on any atom is 0.330 e. The Morgan fingerprint density at radius 3 is 2.93 bits per heavy atom. The number of aliphatic hydroxyl groups is 1. The number of rotatable bonds is 2. The molecule has 1 fully saturated rings. The molecule has 0 unspecified atom stereocenters. The lowest BCUT2D eigenvalue weighted by molar-refractivity contribution is -0.00425. The summed E-state index contributed by atoms with van der Waals surface area (Å²) in [7, 11) is 0. The first-order chi connectivity index (χ1) is 7.20. The molecular formula is C9H11N2O4. The number of aromatic amines is 1. The van der Waals surface area contributed by atoms with Gasteiger partial charge in [-0.15, -0.1) is 0 Å². The monoisotopic (exact) mass is 211 g/mol. The van der Waals surface area contributed by atoms with Crippen molar-refractivity contribution < 1.29 is 9.84 Å². The van der Waals surface area contributed by atoms with Gasteiger partial charge in [0.05, 0.1) is 6.10 Å². The summed E-state index contributed by atoms with van der Waals surface area (Å²) in [5.41, 5.74) is -0.925. The maximum atomic E-state index is 11.4. The second-order valence-corrected chi connectivity index (χ2v) is 3.37. The molecule has 6 heteroatoms. The van der Waals surface area contributed by atoms with E-state index in [0.717, 1.165) is 6.61 Å². The Labute approximate surface area is 85.1 Å². The second kappa shape index (κ2) is 4.00. The van der Waals surface area contributed by atoms with Gasteiger partial charge in [0.1, 0.15) is 12.8 Å². The summed E-state index contributed by atoms with van der Waals surface area (Å²) in [6.07, 6.45) is 1.93. The summed E-state index contributed by atoms with van der Waals surface area (Å²) in [6, 6.07) is 1.26. The third kappa shape index (κ3) is 2.00. The van der Waals surface area contributed by atoms with Gasteiger partial charge in [0.15, 0.2) is 0 Å². The quantitative estimate of drug-likeness (QED) is 0.706. The molecule has 2 N–H and O–H groups in total. The minimum atomic E-state index is -0.494. The number of ether oxygens (including phenoxy) is 1. The molecule has 1 aromatic heterocycles. The lowest BCUT2D eigenvalue weighted by atomic mass is 10.2. The van der Waals surface area contributed by atoms with Gasteiger partial charge in [-0.1, -0.05) is 0 Å². The molecule has 0 spiro atoms. The highest BCUT2D eigenvalue weighted by molar-refractivity contribution is 4.86. The largest absolute Gasteiger partial charge is 0.388 e. The minimum Gasteiger partial charge on any atom is -0.388 e. The molecule has 0 amide bonds. The van der Waals surface area contributed by atoms with Crippen LogP contribution in [0.1, 0.15) is 19.1 Å². The molecule has 1 aliphatic heterocycles. The number of H-pyrrole nitrogens is 1. The van der Waals surface area contributed by atoms with Crippen LogP contribution in [-0.4, -0.2) is 20.8 Å². The van der Waals surface area contributed by atoms with Gasteiger partial charge in [-0.05, 0) is 12.8 Å². The highest BCUT2D eigenvalue weighted by Gasteiger charge is 2.26. The van der Waals surface area contributed by atoms with Crippen LogP contribution in [0.15, 0.2) is 21.9 Å². The van der Waals surface area contributed by atoms with E-state index in [9.17, 15) is 9.59 Å². The Bertz CT molecular complexity index is 450. The van der Waals surface area contributed by atoms with Crippen LogP contribution >= 0.6 is 0 Å². The number of nitrogens with one attached hydrogen (secondary N) is 1. The Morgan fingerprint density at radius 2 is 2.33 bits per heavy atom. The van der Waals surface area contributed by atoms with Gasteiger partial charge < -0.3 is 9.84 Å². The number of aromatic nitrogens is 2. The van der Waals surface area contributed by atoms with Gasteiger partial charge in [-0.25, -0.2) is 4.79 Å². The van der Waals surface area contributed by atoms with Gasteiger partial charge in [0.25, 0.3) is 5.56 Å². The van der Waals surface area contributed by atoms with Crippen molar-refractivity contribution in [1.29, 1.82) is 0 Å². The third-order valence-electron chi connectivity index (χ3n) is 2.36. The van der Waals surface area contributed by atoms with E-state index in [2.05, 4.69) is 4.98 Å². The fourth-order valence-corrected chi connectivity index (χ4v) is 1.61. The van der Waals surface area contributed by atoms with E-state index in [4.69, 9.17) is 9.84 Å². The fraction of sp³-hybridized carbons (Fsp3) is 0.444. The van der Waals surface area contributed by atoms with Crippen LogP contribution in [0.4, 0.5) is 0 Å². The summed E-state index contributed by atoms with van der Waals surface area (Å²) in [5, 5.41) is 8.75. The van der Waals surface area contributed by atoms with Crippen molar-refractivity contribution in [2.75, 3.05) is 0 Å². The van der Waals surface area contributed by atoms with Gasteiger partial charge in [-0.2, -0.15) is 0 Å². The molecule has 0 aromatic carbocycles. The number of aliphatic hydroxyl groups excluding tert-OH is 1. The molecule has 81 valence electrons. The van der Waals surface area contributed by atoms with E-state index in [1.165, 1.54) is 16.8 Å². The van der Waals surface area contributed by atoms with Crippen LogP contribution in [0.3, 0.4) is 0 Å². The maximum absolute atomic E-state index is 11.4. The Hall–Kier alpha value is -1.40. The number of hydrogen-bond donors (Lipinski definition) is 2. The van der Waals surface area contributed by atoms with Gasteiger partial charge >= 0.3 is 5.69 Å². The van der Waals surface area contributed by atoms with Crippen molar-refractivity contribution in [3.8, 4) is 0 Å². The summed E-state index contributed by atoms with van der Waals surface area (Å²) in [4.78, 5) is 24.3. The molecule has 2 atom stereocenters. The SMILES string of the molecule is O=c1ccn([C@H]2CC[C@@H]([CH]O)O2)c(=O)[nH]1. The Balaban J connectivity index is 2.24. The second-order valence-electron chi connectivity index (χ2n) is 3.37. The zero-order chi connectivity index (χ0) is 10.8. The fourth-order valence-electron chi connectivity index (χ4n) is 1.61. The van der Waals surface area contributed by atoms with Crippen molar-refractivity contribution in [3.63, 3.8) is 0 Å². The number of nitrogens with zero attached hydrogens (tertiary/aromatic N) is 1. The predicted octanol–water partition coefficient (Wildman–Crippen LogP) is -0.252. The molecule has 6 nitrogen and oxygen atoms in total. The predicted molar refractivity (Wildman–Crippen MR) is 50.7 cm³/mol. The molecule has 1 radical (unpaired) electrons. The Morgan fingerprint density at radius 1 is 1.53 bits per heavy atom. The molecule has 1 aliphatic rings. The van der Waals surface area contributed by atoms with Crippen molar-refractivity contribution in [2.24, 2.45) is 0 Å². The van der Waals surface area contributed by atoms with Crippen LogP contribution in [0.5, 0.6) is 0 Å². The van der Waals surface area contributed by atoms with Gasteiger partial charge in [0.2, 0.25) is 0 Å². The molecule has 15 heavy (non-hydrogen) atoms. The molecule has 0 aliphatic carbocycles. The Kier molecular flexibility index (Phi) is 2.70. The molecule has 1 saturated heterocycles. The average molecular weight is 211 g/mol. The van der Waals surface area contributed by atoms with E-state index < -0.39 is 17.5 Å². The summed E-state index contributed by atoms with van der Waals surface area (Å²) in [5.74, 6) is 0. The highest BCUT2D eigenvalue weighted by Crippen LogP contribution is 2.27. The van der Waals surface area contributed by atoms with Crippen LogP contribution in [0.25, 0.3) is 0 Å². The first-order valence-electron chi connectivity index (χ1n) is 4.65. The molecular weight excluding hydrogens is 200 g/mol. The van der Waals surface area contributed by atoms with Crippen LogP contribution in [0.2, 0.25) is 0 Å². The zero-order valence-corrected chi connectivity index (χ0v) is 7.92. The normalized spacial score (nSPS) is 25.7. The van der Waals surface area contributed by atoms with Crippen LogP contribution in [-0.2, 0) is 4.74 Å². The van der Waals surface area contributed by atoms with Crippen molar-refractivity contribution >= 4 is 0 Å². The molecule has 2 rings (SSSR count). The third-order valence-corrected chi connectivity index (χ3v) is 2.36. The van der Waals surface area contributed by atoms with E-state index in [-0.39, 0.29) is 6.10 Å². The summed E-state index contributed by atoms with van der Waals surface area (Å²) >= 11 is 0. The van der Waals surface area contributed by atoms with Crippen molar-refractivity contribution in [2.45, 2.75) is 25.2 Å². The minimum absolute atomic E-state index is 0.339. The highest BCUT2D eigenvalue weighted by atomic mass is 16.5. The first kappa shape index (κ1) is 10.1. The topological polar surface area (TPSA) is 84.3 Å². The number of hydrogen-bond acceptors (Lipinski definition) is 4. The molecule has 2 heterocycles. The standard InChI is InChI=1S/C9H11N2O4/c12-5-6-1-2-8(15-6)11-4-3-7(13)10-9(11)14/h3-6,8,12H,1-2H2,(H,10,13,14)/t6-,8+/m0/s1. The van der Waals surface area contributed by atoms with E-state index in [0.29, 0.717) is 12.8 Å². The molecule has 0 saturated carbocycles. The van der Waals surface area contributed by atoms with E-state index in [1.54, 1.807) is 0 Å². The molecule has 0 bridgehead atoms. The van der Waals surface area contributed by atoms with Crippen LogP contribution in [0, 0.1) is 6.61 Å². The van der Waals surface area contributed by atoms with E-state index >= 15 is 0 Å². The zero-order valence-electron chi connectivity index (χ0n) is 7.92. The smallest absolute Gasteiger partial charge is 0.330 e.